The highest BCUT2D eigenvalue weighted by atomic mass is 32.2. The van der Waals surface area contributed by atoms with Crippen molar-refractivity contribution < 1.29 is 17.9 Å². The topological polar surface area (TPSA) is 127 Å². The van der Waals surface area contributed by atoms with Gasteiger partial charge in [-0.05, 0) is 24.3 Å². The van der Waals surface area contributed by atoms with Crippen molar-refractivity contribution in [2.24, 2.45) is 10.8 Å². The lowest BCUT2D eigenvalue weighted by molar-refractivity contribution is 0.249. The number of primary amides is 1. The van der Waals surface area contributed by atoms with E-state index in [1.54, 1.807) is 36.5 Å². The summed E-state index contributed by atoms with van der Waals surface area (Å²) in [5, 5.41) is 4.13. The van der Waals surface area contributed by atoms with Crippen molar-refractivity contribution in [1.29, 1.82) is 0 Å². The molecule has 0 saturated heterocycles. The first-order chi connectivity index (χ1) is 12.0. The van der Waals surface area contributed by atoms with Gasteiger partial charge in [-0.25, -0.2) is 18.6 Å². The van der Waals surface area contributed by atoms with Crippen LogP contribution in [0.1, 0.15) is 5.56 Å². The number of nitrogens with two attached hydrogens (primary N) is 1. The number of hydrazone groups is 1. The number of fused-ring (bicyclic) bond motifs is 4. The molecule has 0 fully saturated rings. The summed E-state index contributed by atoms with van der Waals surface area (Å²) < 4.78 is 32.0. The summed E-state index contributed by atoms with van der Waals surface area (Å²) in [5.74, 6) is 0.527. The molecule has 4 rings (SSSR count). The molecule has 25 heavy (non-hydrogen) atoms. The molecule has 2 aromatic carbocycles. The average Bonchev–Trinajstić information content (AvgIpc) is 2.97. The van der Waals surface area contributed by atoms with Crippen LogP contribution in [0.2, 0.25) is 0 Å². The van der Waals surface area contributed by atoms with Gasteiger partial charge in [0.25, 0.3) is 0 Å². The van der Waals surface area contributed by atoms with Gasteiger partial charge in [0.2, 0.25) is 9.84 Å². The molecule has 0 unspecified atom stereocenters. The molecule has 0 radical (unpaired) electrons. The van der Waals surface area contributed by atoms with Crippen molar-refractivity contribution in [2.45, 2.75) is 9.79 Å². The Hall–Kier alpha value is -3.33. The van der Waals surface area contributed by atoms with Gasteiger partial charge in [0, 0.05) is 22.7 Å². The molecule has 3 aromatic rings. The van der Waals surface area contributed by atoms with Crippen LogP contribution < -0.4 is 15.9 Å². The lowest BCUT2D eigenvalue weighted by atomic mass is 10.1. The zero-order chi connectivity index (χ0) is 17.6. The van der Waals surface area contributed by atoms with Crippen LogP contribution in [0.5, 0.6) is 11.5 Å². The minimum absolute atomic E-state index is 0.0606. The molecule has 0 atom stereocenters. The van der Waals surface area contributed by atoms with E-state index in [4.69, 9.17) is 10.5 Å². The molecule has 9 heteroatoms. The number of hydrogen-bond donors (Lipinski definition) is 3. The number of carbonyl (C=O) groups excluding carboxylic acids is 1. The molecule has 4 N–H and O–H groups in total. The second kappa shape index (κ2) is 5.35. The van der Waals surface area contributed by atoms with Crippen LogP contribution in [0.4, 0.5) is 4.79 Å². The van der Waals surface area contributed by atoms with Crippen molar-refractivity contribution >= 4 is 33.0 Å². The molecule has 8 nitrogen and oxygen atoms in total. The quantitative estimate of drug-likeness (QED) is 0.375. The highest BCUT2D eigenvalue weighted by molar-refractivity contribution is 7.92. The zero-order valence-electron chi connectivity index (χ0n) is 12.7. The third-order valence-electron chi connectivity index (χ3n) is 3.80. The minimum Gasteiger partial charge on any atom is -0.455 e. The van der Waals surface area contributed by atoms with Gasteiger partial charge in [-0.1, -0.05) is 12.1 Å². The van der Waals surface area contributed by atoms with Crippen LogP contribution in [-0.2, 0) is 9.84 Å². The number of sulfone groups is 1. The monoisotopic (exact) mass is 356 g/mol. The fourth-order valence-corrected chi connectivity index (χ4v) is 4.52. The number of hydrogen-bond acceptors (Lipinski definition) is 5. The van der Waals surface area contributed by atoms with E-state index in [-0.39, 0.29) is 21.3 Å². The molecular formula is C16H12N4O4S. The number of rotatable bonds is 2. The zero-order valence-corrected chi connectivity index (χ0v) is 13.5. The number of ether oxygens (including phenoxy) is 1. The molecule has 0 aliphatic carbocycles. The van der Waals surface area contributed by atoms with Crippen molar-refractivity contribution in [3.63, 3.8) is 0 Å². The number of aromatic amines is 1. The Balaban J connectivity index is 1.97. The Labute approximate surface area is 142 Å². The number of aromatic nitrogens is 1. The van der Waals surface area contributed by atoms with Gasteiger partial charge in [-0.2, -0.15) is 5.10 Å². The molecule has 0 bridgehead atoms. The molecule has 2 heterocycles. The molecule has 0 saturated carbocycles. The summed E-state index contributed by atoms with van der Waals surface area (Å²) in [7, 11) is -3.78. The number of urea groups is 1. The third-order valence-corrected chi connectivity index (χ3v) is 5.66. The number of nitrogens with zero attached hydrogens (tertiary/aromatic N) is 1. The highest BCUT2D eigenvalue weighted by Crippen LogP contribution is 2.45. The summed E-state index contributed by atoms with van der Waals surface area (Å²) in [5.41, 5.74) is 8.12. The summed E-state index contributed by atoms with van der Waals surface area (Å²) in [6.45, 7) is 0. The second-order valence-electron chi connectivity index (χ2n) is 5.35. The smallest absolute Gasteiger partial charge is 0.332 e. The van der Waals surface area contributed by atoms with Gasteiger partial charge in [0.1, 0.15) is 21.3 Å². The van der Waals surface area contributed by atoms with Gasteiger partial charge in [-0.3, -0.25) is 0 Å². The van der Waals surface area contributed by atoms with Gasteiger partial charge < -0.3 is 15.5 Å². The molecule has 126 valence electrons. The van der Waals surface area contributed by atoms with Gasteiger partial charge in [-0.15, -0.1) is 0 Å². The molecule has 1 aromatic heterocycles. The van der Waals surface area contributed by atoms with Crippen LogP contribution in [0.25, 0.3) is 10.9 Å². The Kier molecular flexibility index (Phi) is 3.25. The van der Waals surface area contributed by atoms with Crippen LogP contribution in [-0.4, -0.2) is 25.6 Å². The van der Waals surface area contributed by atoms with E-state index < -0.39 is 15.9 Å². The third kappa shape index (κ3) is 2.32. The van der Waals surface area contributed by atoms with Gasteiger partial charge in [0.05, 0.1) is 6.21 Å². The second-order valence-corrected chi connectivity index (χ2v) is 7.20. The predicted octanol–water partition coefficient (Wildman–Crippen LogP) is 2.11. The number of carbonyl (C=O) groups is 1. The SMILES string of the molecule is NC(=O)NN=Cc1c[nH]c2ccc3c(c12)S(=O)(=O)c1ccccc1O3. The Morgan fingerprint density at radius 3 is 2.80 bits per heavy atom. The number of benzene rings is 2. The number of amides is 2. The van der Waals surface area contributed by atoms with E-state index in [0.717, 1.165) is 0 Å². The average molecular weight is 356 g/mol. The fraction of sp³-hybridized carbons (Fsp3) is 0. The maximum atomic E-state index is 13.1. The maximum Gasteiger partial charge on any atom is 0.332 e. The summed E-state index contributed by atoms with van der Waals surface area (Å²) >= 11 is 0. The number of para-hydroxylation sites is 1. The van der Waals surface area contributed by atoms with Crippen LogP contribution in [0, 0.1) is 0 Å². The van der Waals surface area contributed by atoms with Gasteiger partial charge in [0.15, 0.2) is 0 Å². The first-order valence-electron chi connectivity index (χ1n) is 7.23. The summed E-state index contributed by atoms with van der Waals surface area (Å²) in [6, 6.07) is 8.96. The van der Waals surface area contributed by atoms with Crippen molar-refractivity contribution in [1.82, 2.24) is 10.4 Å². The van der Waals surface area contributed by atoms with Crippen molar-refractivity contribution in [2.75, 3.05) is 0 Å². The molecular weight excluding hydrogens is 344 g/mol. The molecule has 1 aliphatic rings. The van der Waals surface area contributed by atoms with Crippen molar-refractivity contribution in [3.05, 3.63) is 48.2 Å². The first-order valence-corrected chi connectivity index (χ1v) is 8.71. The van der Waals surface area contributed by atoms with Crippen LogP contribution in [0.3, 0.4) is 0 Å². The number of nitrogens with one attached hydrogen (secondary N) is 2. The van der Waals surface area contributed by atoms with Crippen LogP contribution in [0.15, 0.2) is 57.5 Å². The Morgan fingerprint density at radius 1 is 1.20 bits per heavy atom. The first kappa shape index (κ1) is 15.2. The normalized spacial score (nSPS) is 14.7. The summed E-state index contributed by atoms with van der Waals surface area (Å²) in [6.07, 6.45) is 2.91. The van der Waals surface area contributed by atoms with Crippen LogP contribution >= 0.6 is 0 Å². The Bertz CT molecular complexity index is 1150. The molecule has 2 amide bonds. The fourth-order valence-electron chi connectivity index (χ4n) is 2.80. The largest absolute Gasteiger partial charge is 0.455 e. The lowest BCUT2D eigenvalue weighted by Gasteiger charge is -2.21. The van der Waals surface area contributed by atoms with E-state index >= 15 is 0 Å². The van der Waals surface area contributed by atoms with Gasteiger partial charge >= 0.3 is 6.03 Å². The van der Waals surface area contributed by atoms with E-state index in [9.17, 15) is 13.2 Å². The standard InChI is InChI=1S/C16H12N4O4S/c17-16(21)20-19-8-9-7-18-10-5-6-12-15(14(9)10)25(22,23)13-4-2-1-3-11(13)24-12/h1-8,18H,(H3,17,20,21). The number of H-pyrrole nitrogens is 1. The molecule has 0 spiro atoms. The molecule has 1 aliphatic heterocycles. The van der Waals surface area contributed by atoms with E-state index in [0.29, 0.717) is 16.5 Å². The maximum absolute atomic E-state index is 13.1. The van der Waals surface area contributed by atoms with E-state index in [2.05, 4.69) is 15.5 Å². The highest BCUT2D eigenvalue weighted by Gasteiger charge is 2.34. The van der Waals surface area contributed by atoms with Crippen molar-refractivity contribution in [3.8, 4) is 11.5 Å². The minimum atomic E-state index is -3.78. The lowest BCUT2D eigenvalue weighted by Crippen LogP contribution is -2.24. The Morgan fingerprint density at radius 2 is 2.00 bits per heavy atom. The summed E-state index contributed by atoms with van der Waals surface area (Å²) in [4.78, 5) is 13.9. The van der Waals surface area contributed by atoms with E-state index in [1.807, 2.05) is 0 Å². The predicted molar refractivity (Wildman–Crippen MR) is 90.6 cm³/mol. The van der Waals surface area contributed by atoms with E-state index in [1.165, 1.54) is 12.3 Å².